The largest absolute Gasteiger partial charge is 0.441 e. The van der Waals surface area contributed by atoms with Crippen molar-refractivity contribution in [3.8, 4) is 5.88 Å². The molecule has 2 rings (SSSR count). The van der Waals surface area contributed by atoms with Gasteiger partial charge in [-0.1, -0.05) is 27.2 Å². The maximum atomic E-state index is 6.29. The summed E-state index contributed by atoms with van der Waals surface area (Å²) in [4.78, 5) is 0. The molecule has 100 valence electrons. The van der Waals surface area contributed by atoms with Crippen LogP contribution in [-0.4, -0.2) is 6.10 Å². The van der Waals surface area contributed by atoms with Gasteiger partial charge in [0.25, 0.3) is 0 Å². The third kappa shape index (κ3) is 3.04. The molecule has 1 heterocycles. The molecule has 1 aliphatic carbocycles. The fourth-order valence-corrected chi connectivity index (χ4v) is 3.04. The van der Waals surface area contributed by atoms with Crippen molar-refractivity contribution >= 4 is 0 Å². The maximum Gasteiger partial charge on any atom is 0.367 e. The summed E-state index contributed by atoms with van der Waals surface area (Å²) in [6.07, 6.45) is 6.27. The summed E-state index contributed by atoms with van der Waals surface area (Å²) in [7, 11) is 2.05. The van der Waals surface area contributed by atoms with E-state index in [0.29, 0.717) is 17.9 Å². The van der Waals surface area contributed by atoms with E-state index in [2.05, 4.69) is 31.4 Å². The van der Waals surface area contributed by atoms with Crippen LogP contribution in [0.3, 0.4) is 0 Å². The average Bonchev–Trinajstić information content (AvgIpc) is 2.32. The highest BCUT2D eigenvalue weighted by Gasteiger charge is 2.33. The van der Waals surface area contributed by atoms with Crippen molar-refractivity contribution in [2.45, 2.75) is 46.1 Å². The van der Waals surface area contributed by atoms with E-state index in [0.717, 1.165) is 11.8 Å². The van der Waals surface area contributed by atoms with Gasteiger partial charge < -0.3 is 4.74 Å². The molecule has 0 amide bonds. The van der Waals surface area contributed by atoms with E-state index in [1.165, 1.54) is 19.3 Å². The lowest BCUT2D eigenvalue weighted by molar-refractivity contribution is -0.678. The van der Waals surface area contributed by atoms with Gasteiger partial charge in [0, 0.05) is 6.07 Å². The molecule has 0 spiro atoms. The highest BCUT2D eigenvalue weighted by atomic mass is 16.5. The van der Waals surface area contributed by atoms with Crippen molar-refractivity contribution in [3.05, 3.63) is 24.4 Å². The summed E-state index contributed by atoms with van der Waals surface area (Å²) in [5, 5.41) is 0. The summed E-state index contributed by atoms with van der Waals surface area (Å²) in [5.74, 6) is 3.18. The molecule has 1 aliphatic rings. The predicted octanol–water partition coefficient (Wildman–Crippen LogP) is 3.35. The number of hydrogen-bond acceptors (Lipinski definition) is 1. The summed E-state index contributed by atoms with van der Waals surface area (Å²) in [6.45, 7) is 6.99. The molecule has 0 bridgehead atoms. The van der Waals surface area contributed by atoms with Gasteiger partial charge in [-0.05, 0) is 36.7 Å². The van der Waals surface area contributed by atoms with Crippen molar-refractivity contribution in [1.29, 1.82) is 0 Å². The topological polar surface area (TPSA) is 13.1 Å². The molecule has 18 heavy (non-hydrogen) atoms. The molecule has 0 unspecified atom stereocenters. The second kappa shape index (κ2) is 5.73. The van der Waals surface area contributed by atoms with E-state index >= 15 is 0 Å². The first-order valence-electron chi connectivity index (χ1n) is 7.19. The van der Waals surface area contributed by atoms with E-state index < -0.39 is 0 Å². The van der Waals surface area contributed by atoms with Gasteiger partial charge in [0.2, 0.25) is 0 Å². The van der Waals surface area contributed by atoms with E-state index in [1.807, 2.05) is 25.4 Å². The Morgan fingerprint density at radius 3 is 2.72 bits per heavy atom. The molecule has 1 aromatic heterocycles. The second-order valence-corrected chi connectivity index (χ2v) is 6.13. The van der Waals surface area contributed by atoms with Crippen LogP contribution in [0.15, 0.2) is 24.4 Å². The molecule has 0 aliphatic heterocycles. The minimum Gasteiger partial charge on any atom is -0.441 e. The maximum absolute atomic E-state index is 6.29. The van der Waals surface area contributed by atoms with E-state index in [1.54, 1.807) is 0 Å². The minimum absolute atomic E-state index is 0.377. The standard InChI is InChI=1S/C16H26NO/c1-12(2)14-9-8-13(3)11-15(14)18-16-7-5-6-10-17(16)4/h5-7,10,12-15H,8-9,11H2,1-4H3/q+1/t13-,14+,15-/m1/s1. The van der Waals surface area contributed by atoms with Gasteiger partial charge in [-0.2, -0.15) is 4.57 Å². The highest BCUT2D eigenvalue weighted by molar-refractivity contribution is 5.03. The van der Waals surface area contributed by atoms with E-state index in [9.17, 15) is 0 Å². The van der Waals surface area contributed by atoms with Gasteiger partial charge in [0.05, 0.1) is 6.07 Å². The molecular weight excluding hydrogens is 222 g/mol. The van der Waals surface area contributed by atoms with Gasteiger partial charge in [-0.15, -0.1) is 0 Å². The molecule has 0 aromatic carbocycles. The van der Waals surface area contributed by atoms with Crippen LogP contribution in [0.25, 0.3) is 0 Å². The SMILES string of the molecule is CC(C)[C@@H]1CC[C@@H](C)C[C@H]1Oc1cccc[n+]1C. The first-order chi connectivity index (χ1) is 8.58. The predicted molar refractivity (Wildman–Crippen MR) is 73.4 cm³/mol. The Bertz CT molecular complexity index is 388. The van der Waals surface area contributed by atoms with Crippen LogP contribution in [0.5, 0.6) is 5.88 Å². The normalized spacial score (nSPS) is 28.4. The van der Waals surface area contributed by atoms with Crippen molar-refractivity contribution in [2.24, 2.45) is 24.8 Å². The third-order valence-electron chi connectivity index (χ3n) is 4.24. The van der Waals surface area contributed by atoms with Gasteiger partial charge in [0.1, 0.15) is 13.2 Å². The molecular formula is C16H26NO+. The number of pyridine rings is 1. The zero-order chi connectivity index (χ0) is 13.1. The number of aryl methyl sites for hydroxylation is 1. The first kappa shape index (κ1) is 13.4. The van der Waals surface area contributed by atoms with Crippen LogP contribution in [0.1, 0.15) is 40.0 Å². The van der Waals surface area contributed by atoms with Gasteiger partial charge in [-0.25, -0.2) is 0 Å². The first-order valence-corrected chi connectivity index (χ1v) is 7.19. The van der Waals surface area contributed by atoms with Gasteiger partial charge >= 0.3 is 5.88 Å². The number of rotatable bonds is 3. The molecule has 1 fully saturated rings. The molecule has 3 atom stereocenters. The zero-order valence-electron chi connectivity index (χ0n) is 12.1. The van der Waals surface area contributed by atoms with Crippen molar-refractivity contribution in [3.63, 3.8) is 0 Å². The molecule has 2 nitrogen and oxygen atoms in total. The quantitative estimate of drug-likeness (QED) is 0.748. The Balaban J connectivity index is 2.11. The summed E-state index contributed by atoms with van der Waals surface area (Å²) >= 11 is 0. The zero-order valence-corrected chi connectivity index (χ0v) is 12.1. The Morgan fingerprint density at radius 1 is 1.28 bits per heavy atom. The number of hydrogen-bond donors (Lipinski definition) is 0. The smallest absolute Gasteiger partial charge is 0.367 e. The Kier molecular flexibility index (Phi) is 4.26. The molecule has 0 N–H and O–H groups in total. The number of ether oxygens (including phenoxy) is 1. The van der Waals surface area contributed by atoms with Gasteiger partial charge in [0.15, 0.2) is 6.20 Å². The monoisotopic (exact) mass is 248 g/mol. The molecule has 0 radical (unpaired) electrons. The minimum atomic E-state index is 0.377. The summed E-state index contributed by atoms with van der Waals surface area (Å²) in [6, 6.07) is 6.15. The van der Waals surface area contributed by atoms with Crippen molar-refractivity contribution < 1.29 is 9.30 Å². The summed E-state index contributed by atoms with van der Waals surface area (Å²) in [5.41, 5.74) is 0. The fourth-order valence-electron chi connectivity index (χ4n) is 3.04. The van der Waals surface area contributed by atoms with Crippen molar-refractivity contribution in [2.75, 3.05) is 0 Å². The molecule has 1 saturated carbocycles. The van der Waals surface area contributed by atoms with Crippen LogP contribution in [0.4, 0.5) is 0 Å². The Hall–Kier alpha value is -1.05. The third-order valence-corrected chi connectivity index (χ3v) is 4.24. The molecule has 1 aromatic rings. The lowest BCUT2D eigenvalue weighted by Crippen LogP contribution is -2.40. The van der Waals surface area contributed by atoms with Gasteiger partial charge in [-0.3, -0.25) is 0 Å². The van der Waals surface area contributed by atoms with Crippen LogP contribution in [-0.2, 0) is 7.05 Å². The second-order valence-electron chi connectivity index (χ2n) is 6.13. The van der Waals surface area contributed by atoms with Crippen LogP contribution in [0, 0.1) is 17.8 Å². The number of nitrogens with zero attached hydrogens (tertiary/aromatic N) is 1. The lowest BCUT2D eigenvalue weighted by Gasteiger charge is -2.36. The Morgan fingerprint density at radius 2 is 2.06 bits per heavy atom. The van der Waals surface area contributed by atoms with Crippen LogP contribution >= 0.6 is 0 Å². The van der Waals surface area contributed by atoms with Crippen molar-refractivity contribution in [1.82, 2.24) is 0 Å². The average molecular weight is 248 g/mol. The Labute approximate surface area is 111 Å². The number of aromatic nitrogens is 1. The fraction of sp³-hybridized carbons (Fsp3) is 0.688. The van der Waals surface area contributed by atoms with E-state index in [-0.39, 0.29) is 0 Å². The summed E-state index contributed by atoms with van der Waals surface area (Å²) < 4.78 is 8.36. The molecule has 0 saturated heterocycles. The highest BCUT2D eigenvalue weighted by Crippen LogP contribution is 2.35. The van der Waals surface area contributed by atoms with E-state index in [4.69, 9.17) is 4.74 Å². The van der Waals surface area contributed by atoms with Crippen LogP contribution < -0.4 is 9.30 Å². The molecule has 2 heteroatoms. The lowest BCUT2D eigenvalue weighted by atomic mass is 9.75. The van der Waals surface area contributed by atoms with Crippen LogP contribution in [0.2, 0.25) is 0 Å².